The lowest BCUT2D eigenvalue weighted by atomic mass is 10.2. The van der Waals surface area contributed by atoms with Crippen molar-refractivity contribution in [2.45, 2.75) is 11.3 Å². The first-order valence-electron chi connectivity index (χ1n) is 6.95. The molecule has 0 spiro atoms. The molecule has 0 saturated carbocycles. The molecule has 1 N–H and O–H groups in total. The first kappa shape index (κ1) is 19.8. The SMILES string of the molecule is CS(=O)c1cc(F)ccc1Nc1cc(Cl)nc2c1nc(C(F)F)n2PI. The number of anilines is 2. The zero-order valence-corrected chi connectivity index (χ0v) is 17.7. The van der Waals surface area contributed by atoms with Crippen molar-refractivity contribution in [2.24, 2.45) is 0 Å². The number of pyridine rings is 1. The molecule has 0 aliphatic rings. The highest BCUT2D eigenvalue weighted by Crippen LogP contribution is 2.38. The number of fused-ring (bicyclic) bond motifs is 1. The molecular weight excluding hydrogens is 523 g/mol. The lowest BCUT2D eigenvalue weighted by molar-refractivity contribution is 0.140. The van der Waals surface area contributed by atoms with E-state index in [2.05, 4.69) is 15.3 Å². The summed E-state index contributed by atoms with van der Waals surface area (Å²) < 4.78 is 53.2. The first-order chi connectivity index (χ1) is 12.3. The van der Waals surface area contributed by atoms with E-state index in [1.807, 2.05) is 22.0 Å². The van der Waals surface area contributed by atoms with E-state index in [9.17, 15) is 17.4 Å². The number of aromatic nitrogens is 3. The summed E-state index contributed by atoms with van der Waals surface area (Å²) in [7, 11) is -1.47. The van der Waals surface area contributed by atoms with Crippen molar-refractivity contribution in [2.75, 3.05) is 11.6 Å². The van der Waals surface area contributed by atoms with Crippen molar-refractivity contribution in [1.82, 2.24) is 14.3 Å². The Morgan fingerprint density at radius 2 is 2.04 bits per heavy atom. The second-order valence-electron chi connectivity index (χ2n) is 5.07. The summed E-state index contributed by atoms with van der Waals surface area (Å²) in [6.07, 6.45) is -1.41. The smallest absolute Gasteiger partial charge is 0.295 e. The van der Waals surface area contributed by atoms with Crippen LogP contribution in [0, 0.1) is 5.82 Å². The van der Waals surface area contributed by atoms with E-state index in [-0.39, 0.29) is 27.6 Å². The summed E-state index contributed by atoms with van der Waals surface area (Å²) in [4.78, 5) is 8.32. The van der Waals surface area contributed by atoms with Crippen LogP contribution in [0.25, 0.3) is 11.2 Å². The maximum absolute atomic E-state index is 13.5. The van der Waals surface area contributed by atoms with Crippen molar-refractivity contribution in [1.29, 1.82) is 0 Å². The molecule has 0 radical (unpaired) electrons. The third kappa shape index (κ3) is 3.83. The highest BCUT2D eigenvalue weighted by Gasteiger charge is 2.22. The van der Waals surface area contributed by atoms with Gasteiger partial charge < -0.3 is 5.32 Å². The van der Waals surface area contributed by atoms with Crippen LogP contribution in [0.15, 0.2) is 29.2 Å². The van der Waals surface area contributed by atoms with E-state index in [1.54, 1.807) is 0 Å². The highest BCUT2D eigenvalue weighted by atomic mass is 127. The van der Waals surface area contributed by atoms with Crippen LogP contribution < -0.4 is 5.32 Å². The predicted molar refractivity (Wildman–Crippen MR) is 107 cm³/mol. The molecule has 138 valence electrons. The third-order valence-corrected chi connectivity index (χ3v) is 6.62. The van der Waals surface area contributed by atoms with Crippen LogP contribution in [0.1, 0.15) is 12.2 Å². The van der Waals surface area contributed by atoms with Gasteiger partial charge in [-0.1, -0.05) is 11.6 Å². The Morgan fingerprint density at radius 1 is 1.31 bits per heavy atom. The molecule has 0 fully saturated rings. The summed E-state index contributed by atoms with van der Waals surface area (Å²) in [6, 6.07) is 5.19. The largest absolute Gasteiger partial charge is 0.353 e. The second-order valence-corrected chi connectivity index (χ2v) is 8.87. The fraction of sp³-hybridized carbons (Fsp3) is 0.143. The average Bonchev–Trinajstić information content (AvgIpc) is 2.95. The lowest BCUT2D eigenvalue weighted by Crippen LogP contribution is -2.00. The Balaban J connectivity index is 2.19. The summed E-state index contributed by atoms with van der Waals surface area (Å²) >= 11 is 7.99. The van der Waals surface area contributed by atoms with Crippen molar-refractivity contribution in [3.05, 3.63) is 41.1 Å². The summed E-state index contributed by atoms with van der Waals surface area (Å²) in [5.41, 5.74) is 1.09. The first-order valence-corrected chi connectivity index (χ1v) is 12.9. The number of rotatable bonds is 5. The summed E-state index contributed by atoms with van der Waals surface area (Å²) in [5.74, 6) is -0.946. The van der Waals surface area contributed by atoms with Crippen LogP contribution in [-0.2, 0) is 10.8 Å². The van der Waals surface area contributed by atoms with Gasteiger partial charge in [-0.15, -0.1) is 0 Å². The minimum absolute atomic E-state index is 0.0505. The van der Waals surface area contributed by atoms with Gasteiger partial charge in [0, 0.05) is 12.3 Å². The van der Waals surface area contributed by atoms with Gasteiger partial charge in [-0.05, 0) is 40.2 Å². The van der Waals surface area contributed by atoms with Gasteiger partial charge in [0.15, 0.2) is 11.5 Å². The molecule has 0 aliphatic heterocycles. The number of hydrogen-bond acceptors (Lipinski definition) is 4. The van der Waals surface area contributed by atoms with Gasteiger partial charge in [-0.3, -0.25) is 8.55 Å². The van der Waals surface area contributed by atoms with Crippen molar-refractivity contribution < 1.29 is 17.4 Å². The van der Waals surface area contributed by atoms with Gasteiger partial charge in [-0.2, -0.15) is 0 Å². The van der Waals surface area contributed by atoms with Gasteiger partial charge in [0.1, 0.15) is 16.5 Å². The topological polar surface area (TPSA) is 59.8 Å². The fourth-order valence-corrected chi connectivity index (χ4v) is 5.13. The molecule has 12 heteroatoms. The average molecular weight is 533 g/mol. The zero-order chi connectivity index (χ0) is 19.0. The monoisotopic (exact) mass is 532 g/mol. The third-order valence-electron chi connectivity index (χ3n) is 3.41. The molecule has 0 bridgehead atoms. The molecule has 2 unspecified atom stereocenters. The molecule has 2 heterocycles. The maximum Gasteiger partial charge on any atom is 0.295 e. The van der Waals surface area contributed by atoms with Crippen LogP contribution in [0.5, 0.6) is 0 Å². The summed E-state index contributed by atoms with van der Waals surface area (Å²) in [5, 5.41) is 3.05. The number of nitrogens with zero attached hydrogens (tertiary/aromatic N) is 3. The number of imidazole rings is 1. The Labute approximate surface area is 168 Å². The maximum atomic E-state index is 13.5. The molecule has 5 nitrogen and oxygen atoms in total. The lowest BCUT2D eigenvalue weighted by Gasteiger charge is -2.11. The number of hydrogen-bond donors (Lipinski definition) is 1. The molecular formula is C14H10ClF3IN4OPS. The molecule has 0 amide bonds. The predicted octanol–water partition coefficient (Wildman–Crippen LogP) is 5.43. The highest BCUT2D eigenvalue weighted by molar-refractivity contribution is 14.2. The van der Waals surface area contributed by atoms with Gasteiger partial charge in [0.2, 0.25) is 0 Å². The van der Waals surface area contributed by atoms with Gasteiger partial charge in [-0.25, -0.2) is 23.1 Å². The van der Waals surface area contributed by atoms with E-state index in [4.69, 9.17) is 11.6 Å². The van der Waals surface area contributed by atoms with E-state index in [1.165, 1.54) is 28.8 Å². The Kier molecular flexibility index (Phi) is 6.05. The van der Waals surface area contributed by atoms with Crippen molar-refractivity contribution in [3.8, 4) is 0 Å². The second kappa shape index (κ2) is 7.95. The number of alkyl halides is 2. The van der Waals surface area contributed by atoms with Crippen LogP contribution in [0.2, 0.25) is 5.15 Å². The molecule has 26 heavy (non-hydrogen) atoms. The van der Waals surface area contributed by atoms with Crippen LogP contribution >= 0.6 is 40.0 Å². The van der Waals surface area contributed by atoms with Crippen LogP contribution in [-0.4, -0.2) is 24.8 Å². The molecule has 1 aromatic carbocycles. The normalized spacial score (nSPS) is 13.2. The van der Waals surface area contributed by atoms with Crippen molar-refractivity contribution in [3.63, 3.8) is 0 Å². The Bertz CT molecular complexity index is 1020. The Hall–Kier alpha value is -0.970. The summed E-state index contributed by atoms with van der Waals surface area (Å²) in [6.45, 7) is 0. The van der Waals surface area contributed by atoms with E-state index in [0.717, 1.165) is 6.07 Å². The van der Waals surface area contributed by atoms with Gasteiger partial charge >= 0.3 is 0 Å². The molecule has 3 rings (SSSR count). The van der Waals surface area contributed by atoms with Crippen LogP contribution in [0.3, 0.4) is 0 Å². The van der Waals surface area contributed by atoms with E-state index in [0.29, 0.717) is 11.4 Å². The van der Waals surface area contributed by atoms with E-state index >= 15 is 0 Å². The number of benzene rings is 1. The van der Waals surface area contributed by atoms with E-state index < -0.39 is 28.9 Å². The zero-order valence-electron chi connectivity index (χ0n) is 12.9. The quantitative estimate of drug-likeness (QED) is 0.270. The Morgan fingerprint density at radius 3 is 2.65 bits per heavy atom. The minimum atomic E-state index is -2.78. The molecule has 0 saturated heterocycles. The molecule has 3 aromatic rings. The van der Waals surface area contributed by atoms with Crippen molar-refractivity contribution >= 4 is 73.4 Å². The molecule has 2 atom stereocenters. The fourth-order valence-electron chi connectivity index (χ4n) is 2.34. The standard InChI is InChI=1S/C14H10ClF3IN4OPS/c1-26(24)9-4-6(16)2-3-7(9)20-8-5-10(15)21-13-11(8)22-14(12(17)18)23(13)25-19/h2-5,12,25H,1H3,(H,20,21). The molecule has 2 aromatic heterocycles. The minimum Gasteiger partial charge on any atom is -0.353 e. The van der Waals surface area contributed by atoms with Gasteiger partial charge in [0.25, 0.3) is 6.43 Å². The number of nitrogens with one attached hydrogen (secondary N) is 1. The van der Waals surface area contributed by atoms with Crippen LogP contribution in [0.4, 0.5) is 24.5 Å². The van der Waals surface area contributed by atoms with Gasteiger partial charge in [0.05, 0.1) is 33.4 Å². The number of halogens is 5. The molecule has 0 aliphatic carbocycles.